The number of halogens is 1. The second-order valence-corrected chi connectivity index (χ2v) is 4.61. The van der Waals surface area contributed by atoms with Gasteiger partial charge in [0.05, 0.1) is 0 Å². The number of aliphatic carboxylic acids is 1. The molecule has 2 rings (SSSR count). The van der Waals surface area contributed by atoms with Crippen LogP contribution in [-0.2, 0) is 11.3 Å². The summed E-state index contributed by atoms with van der Waals surface area (Å²) in [7, 11) is 0. The van der Waals surface area contributed by atoms with Gasteiger partial charge < -0.3 is 10.2 Å². The van der Waals surface area contributed by atoms with Crippen LogP contribution in [0, 0.1) is 5.82 Å². The molecular weight excluding hydrogens is 237 g/mol. The second kappa shape index (κ2) is 5.35. The summed E-state index contributed by atoms with van der Waals surface area (Å²) in [6.07, 6.45) is 2.51. The van der Waals surface area contributed by atoms with E-state index in [-0.39, 0.29) is 5.75 Å². The molecule has 2 N–H and O–H groups in total. The Bertz CT molecular complexity index is 450. The summed E-state index contributed by atoms with van der Waals surface area (Å²) in [6.45, 7) is 1.10. The summed E-state index contributed by atoms with van der Waals surface area (Å²) >= 11 is 0. The first-order valence-electron chi connectivity index (χ1n) is 6.02. The predicted molar refractivity (Wildman–Crippen MR) is 63.7 cm³/mol. The molecule has 1 heterocycles. The highest BCUT2D eigenvalue weighted by Crippen LogP contribution is 2.22. The van der Waals surface area contributed by atoms with Crippen LogP contribution in [0.4, 0.5) is 4.39 Å². The van der Waals surface area contributed by atoms with Crippen molar-refractivity contribution in [3.8, 4) is 5.75 Å². The van der Waals surface area contributed by atoms with E-state index in [1.807, 2.05) is 4.90 Å². The van der Waals surface area contributed by atoms with Crippen molar-refractivity contribution in [2.24, 2.45) is 0 Å². The smallest absolute Gasteiger partial charge is 0.320 e. The molecule has 1 aromatic carbocycles. The van der Waals surface area contributed by atoms with Crippen molar-refractivity contribution >= 4 is 5.97 Å². The first-order valence-corrected chi connectivity index (χ1v) is 6.02. The van der Waals surface area contributed by atoms with Crippen LogP contribution >= 0.6 is 0 Å². The minimum atomic E-state index is -0.825. The third kappa shape index (κ3) is 2.79. The van der Waals surface area contributed by atoms with Gasteiger partial charge in [0.25, 0.3) is 0 Å². The van der Waals surface area contributed by atoms with Crippen LogP contribution in [0.2, 0.25) is 0 Å². The molecule has 18 heavy (non-hydrogen) atoms. The van der Waals surface area contributed by atoms with Crippen molar-refractivity contribution in [3.05, 3.63) is 29.6 Å². The minimum absolute atomic E-state index is 0.382. The van der Waals surface area contributed by atoms with E-state index in [4.69, 9.17) is 10.2 Å². The van der Waals surface area contributed by atoms with E-state index < -0.39 is 17.8 Å². The monoisotopic (exact) mass is 253 g/mol. The van der Waals surface area contributed by atoms with Crippen molar-refractivity contribution in [1.29, 1.82) is 0 Å². The molecule has 0 saturated carbocycles. The lowest BCUT2D eigenvalue weighted by atomic mass is 10.0. The molecule has 1 unspecified atom stereocenters. The number of piperidine rings is 1. The van der Waals surface area contributed by atoms with Crippen LogP contribution < -0.4 is 0 Å². The lowest BCUT2D eigenvalue weighted by molar-refractivity contribution is -0.144. The number of aromatic hydroxyl groups is 1. The number of carbonyl (C=O) groups is 1. The van der Waals surface area contributed by atoms with E-state index in [0.29, 0.717) is 25.1 Å². The lowest BCUT2D eigenvalue weighted by Gasteiger charge is -2.32. The fourth-order valence-corrected chi connectivity index (χ4v) is 2.34. The Kier molecular flexibility index (Phi) is 3.81. The van der Waals surface area contributed by atoms with E-state index in [1.54, 1.807) is 6.07 Å². The normalized spacial score (nSPS) is 20.8. The van der Waals surface area contributed by atoms with E-state index in [0.717, 1.165) is 12.8 Å². The molecule has 98 valence electrons. The van der Waals surface area contributed by atoms with Crippen molar-refractivity contribution in [2.75, 3.05) is 6.54 Å². The maximum Gasteiger partial charge on any atom is 0.320 e. The number of rotatable bonds is 3. The zero-order valence-corrected chi connectivity index (χ0v) is 9.97. The molecule has 1 fully saturated rings. The van der Waals surface area contributed by atoms with Crippen molar-refractivity contribution < 1.29 is 19.4 Å². The van der Waals surface area contributed by atoms with Crippen LogP contribution in [0.1, 0.15) is 24.8 Å². The lowest BCUT2D eigenvalue weighted by Crippen LogP contribution is -2.43. The van der Waals surface area contributed by atoms with Crippen LogP contribution in [0.15, 0.2) is 18.2 Å². The standard InChI is InChI=1S/C13H16FNO3/c14-10-7-9(4-5-12(10)16)8-15-6-2-1-3-11(15)13(17)18/h4-5,7,11,16H,1-3,6,8H2,(H,17,18). The fourth-order valence-electron chi connectivity index (χ4n) is 2.34. The second-order valence-electron chi connectivity index (χ2n) is 4.61. The summed E-state index contributed by atoms with van der Waals surface area (Å²) in [5.41, 5.74) is 0.679. The Morgan fingerprint density at radius 3 is 2.89 bits per heavy atom. The zero-order chi connectivity index (χ0) is 13.1. The predicted octanol–water partition coefficient (Wildman–Crippen LogP) is 1.97. The zero-order valence-electron chi connectivity index (χ0n) is 9.97. The molecule has 0 aromatic heterocycles. The maximum absolute atomic E-state index is 13.2. The highest BCUT2D eigenvalue weighted by molar-refractivity contribution is 5.73. The highest BCUT2D eigenvalue weighted by Gasteiger charge is 2.28. The molecule has 0 aliphatic carbocycles. The summed E-state index contributed by atoms with van der Waals surface area (Å²) in [6, 6.07) is 3.68. The summed E-state index contributed by atoms with van der Waals surface area (Å²) in [4.78, 5) is 13.0. The molecule has 0 bridgehead atoms. The third-order valence-electron chi connectivity index (χ3n) is 3.30. The molecule has 1 aliphatic rings. The largest absolute Gasteiger partial charge is 0.505 e. The van der Waals surface area contributed by atoms with E-state index in [1.165, 1.54) is 12.1 Å². The summed E-state index contributed by atoms with van der Waals surface area (Å²) < 4.78 is 13.2. The van der Waals surface area contributed by atoms with Gasteiger partial charge in [-0.3, -0.25) is 9.69 Å². The molecule has 4 nitrogen and oxygen atoms in total. The average Bonchev–Trinajstić information content (AvgIpc) is 2.34. The number of carboxylic acids is 1. The van der Waals surface area contributed by atoms with Gasteiger partial charge in [0.1, 0.15) is 6.04 Å². The Morgan fingerprint density at radius 2 is 2.22 bits per heavy atom. The number of hydrogen-bond donors (Lipinski definition) is 2. The third-order valence-corrected chi connectivity index (χ3v) is 3.30. The number of carboxylic acid groups (broad SMARTS) is 1. The topological polar surface area (TPSA) is 60.8 Å². The quantitative estimate of drug-likeness (QED) is 0.864. The first-order chi connectivity index (χ1) is 8.58. The van der Waals surface area contributed by atoms with Crippen LogP contribution in [0.5, 0.6) is 5.75 Å². The first kappa shape index (κ1) is 12.8. The van der Waals surface area contributed by atoms with Gasteiger partial charge in [-0.25, -0.2) is 4.39 Å². The molecule has 1 atom stereocenters. The molecule has 5 heteroatoms. The molecular formula is C13H16FNO3. The van der Waals surface area contributed by atoms with Gasteiger partial charge in [0, 0.05) is 6.54 Å². The minimum Gasteiger partial charge on any atom is -0.505 e. The van der Waals surface area contributed by atoms with Crippen molar-refractivity contribution in [3.63, 3.8) is 0 Å². The van der Waals surface area contributed by atoms with Gasteiger partial charge in [0.2, 0.25) is 0 Å². The van der Waals surface area contributed by atoms with E-state index >= 15 is 0 Å². The van der Waals surface area contributed by atoms with Gasteiger partial charge in [0.15, 0.2) is 11.6 Å². The molecule has 0 spiro atoms. The van der Waals surface area contributed by atoms with Gasteiger partial charge in [-0.15, -0.1) is 0 Å². The van der Waals surface area contributed by atoms with E-state index in [9.17, 15) is 9.18 Å². The average molecular weight is 253 g/mol. The number of benzene rings is 1. The molecule has 0 amide bonds. The Hall–Kier alpha value is -1.62. The van der Waals surface area contributed by atoms with Crippen LogP contribution in [0.25, 0.3) is 0 Å². The van der Waals surface area contributed by atoms with Crippen LogP contribution in [0.3, 0.4) is 0 Å². The number of phenolic OH excluding ortho intramolecular Hbond substituents is 1. The summed E-state index contributed by atoms with van der Waals surface area (Å²) in [5.74, 6) is -1.88. The Labute approximate surface area is 105 Å². The molecule has 1 aliphatic heterocycles. The van der Waals surface area contributed by atoms with Crippen molar-refractivity contribution in [1.82, 2.24) is 4.90 Å². The summed E-state index contributed by atoms with van der Waals surface area (Å²) in [5, 5.41) is 18.2. The molecule has 0 radical (unpaired) electrons. The Balaban J connectivity index is 2.10. The van der Waals surface area contributed by atoms with Gasteiger partial charge in [-0.1, -0.05) is 12.5 Å². The van der Waals surface area contributed by atoms with Gasteiger partial charge in [-0.2, -0.15) is 0 Å². The molecule has 1 saturated heterocycles. The number of hydrogen-bond acceptors (Lipinski definition) is 3. The number of phenols is 1. The Morgan fingerprint density at radius 1 is 1.44 bits per heavy atom. The fraction of sp³-hybridized carbons (Fsp3) is 0.462. The van der Waals surface area contributed by atoms with Crippen LogP contribution in [-0.4, -0.2) is 33.7 Å². The van der Waals surface area contributed by atoms with Gasteiger partial charge in [-0.05, 0) is 37.1 Å². The van der Waals surface area contributed by atoms with Gasteiger partial charge >= 0.3 is 5.97 Å². The van der Waals surface area contributed by atoms with E-state index in [2.05, 4.69) is 0 Å². The number of likely N-dealkylation sites (tertiary alicyclic amines) is 1. The van der Waals surface area contributed by atoms with Crippen molar-refractivity contribution in [2.45, 2.75) is 31.8 Å². The highest BCUT2D eigenvalue weighted by atomic mass is 19.1. The maximum atomic E-state index is 13.2. The number of nitrogens with zero attached hydrogens (tertiary/aromatic N) is 1. The SMILES string of the molecule is O=C(O)C1CCCCN1Cc1ccc(O)c(F)c1. The molecule has 1 aromatic rings.